The molecule has 0 aliphatic heterocycles. The molecule has 0 aliphatic rings. The van der Waals surface area contributed by atoms with Crippen molar-refractivity contribution in [2.75, 3.05) is 6.54 Å². The number of nitrogens with zero attached hydrogens (tertiary/aromatic N) is 1. The lowest BCUT2D eigenvalue weighted by atomic mass is 10.1. The number of hydrogen-bond acceptors (Lipinski definition) is 3. The van der Waals surface area contributed by atoms with E-state index in [4.69, 9.17) is 4.52 Å². The predicted octanol–water partition coefficient (Wildman–Crippen LogP) is 2.44. The molecular formula is C15H15N3O2. The van der Waals surface area contributed by atoms with Crippen LogP contribution >= 0.6 is 0 Å². The summed E-state index contributed by atoms with van der Waals surface area (Å²) < 4.78 is 4.88. The molecule has 3 rings (SSSR count). The Balaban J connectivity index is 1.63. The summed E-state index contributed by atoms with van der Waals surface area (Å²) in [6, 6.07) is 8.13. The number of aromatic nitrogens is 2. The molecule has 2 N–H and O–H groups in total. The van der Waals surface area contributed by atoms with Crippen LogP contribution in [-0.2, 0) is 6.42 Å². The van der Waals surface area contributed by atoms with Gasteiger partial charge < -0.3 is 14.8 Å². The fourth-order valence-corrected chi connectivity index (χ4v) is 2.26. The average molecular weight is 269 g/mol. The highest BCUT2D eigenvalue weighted by Gasteiger charge is 2.12. The number of rotatable bonds is 4. The van der Waals surface area contributed by atoms with Crippen molar-refractivity contribution in [2.24, 2.45) is 0 Å². The van der Waals surface area contributed by atoms with Crippen molar-refractivity contribution in [3.8, 4) is 0 Å². The third-order valence-electron chi connectivity index (χ3n) is 3.35. The second-order valence-electron chi connectivity index (χ2n) is 4.66. The van der Waals surface area contributed by atoms with Crippen LogP contribution in [0.5, 0.6) is 0 Å². The summed E-state index contributed by atoms with van der Waals surface area (Å²) in [6.45, 7) is 2.30. The molecule has 0 bridgehead atoms. The Bertz CT molecular complexity index is 742. The van der Waals surface area contributed by atoms with Crippen LogP contribution in [0.25, 0.3) is 10.9 Å². The second kappa shape index (κ2) is 5.21. The van der Waals surface area contributed by atoms with Crippen LogP contribution in [0.3, 0.4) is 0 Å². The highest BCUT2D eigenvalue weighted by molar-refractivity contribution is 5.94. The van der Waals surface area contributed by atoms with Crippen molar-refractivity contribution >= 4 is 16.8 Å². The van der Waals surface area contributed by atoms with Gasteiger partial charge in [-0.25, -0.2) is 0 Å². The van der Waals surface area contributed by atoms with E-state index in [9.17, 15) is 4.79 Å². The molecule has 3 aromatic rings. The molecule has 2 heterocycles. The molecule has 20 heavy (non-hydrogen) atoms. The maximum atomic E-state index is 11.9. The summed E-state index contributed by atoms with van der Waals surface area (Å²) in [5.41, 5.74) is 2.80. The monoisotopic (exact) mass is 269 g/mol. The summed E-state index contributed by atoms with van der Waals surface area (Å²) in [5.74, 6) is 0.387. The van der Waals surface area contributed by atoms with Gasteiger partial charge in [-0.15, -0.1) is 0 Å². The Morgan fingerprint density at radius 1 is 1.40 bits per heavy atom. The molecule has 0 unspecified atom stereocenters. The minimum Gasteiger partial charge on any atom is -0.361 e. The van der Waals surface area contributed by atoms with Crippen molar-refractivity contribution in [3.63, 3.8) is 0 Å². The fraction of sp³-hybridized carbons (Fsp3) is 0.200. The Morgan fingerprint density at radius 3 is 3.05 bits per heavy atom. The van der Waals surface area contributed by atoms with Gasteiger partial charge in [-0.1, -0.05) is 23.4 Å². The zero-order valence-electron chi connectivity index (χ0n) is 11.1. The van der Waals surface area contributed by atoms with E-state index in [1.165, 1.54) is 17.1 Å². The first-order valence-electron chi connectivity index (χ1n) is 6.50. The standard InChI is InChI=1S/C15H15N3O2/c1-10-13(9-18-20-10)15(19)16-7-6-11-8-17-14-5-3-2-4-12(11)14/h2-5,8-9,17H,6-7H2,1H3,(H,16,19). The van der Waals surface area contributed by atoms with Crippen LogP contribution in [-0.4, -0.2) is 22.6 Å². The molecule has 0 atom stereocenters. The number of carbonyl (C=O) groups excluding carboxylic acids is 1. The van der Waals surface area contributed by atoms with E-state index in [2.05, 4.69) is 21.5 Å². The molecule has 0 radical (unpaired) electrons. The van der Waals surface area contributed by atoms with Gasteiger partial charge in [0.1, 0.15) is 11.3 Å². The minimum absolute atomic E-state index is 0.149. The Hall–Kier alpha value is -2.56. The molecule has 5 heteroatoms. The summed E-state index contributed by atoms with van der Waals surface area (Å²) in [6.07, 6.45) is 4.21. The number of carbonyl (C=O) groups is 1. The molecule has 2 aromatic heterocycles. The molecule has 102 valence electrons. The zero-order chi connectivity index (χ0) is 13.9. The summed E-state index contributed by atoms with van der Waals surface area (Å²) >= 11 is 0. The average Bonchev–Trinajstić information content (AvgIpc) is 3.05. The lowest BCUT2D eigenvalue weighted by Crippen LogP contribution is -2.25. The van der Waals surface area contributed by atoms with E-state index in [0.29, 0.717) is 17.9 Å². The number of benzene rings is 1. The first-order chi connectivity index (χ1) is 9.75. The van der Waals surface area contributed by atoms with E-state index < -0.39 is 0 Å². The van der Waals surface area contributed by atoms with Gasteiger partial charge in [0.25, 0.3) is 5.91 Å². The third kappa shape index (κ3) is 2.30. The predicted molar refractivity (Wildman–Crippen MR) is 75.6 cm³/mol. The van der Waals surface area contributed by atoms with E-state index >= 15 is 0 Å². The van der Waals surface area contributed by atoms with Crippen molar-refractivity contribution < 1.29 is 9.32 Å². The maximum Gasteiger partial charge on any atom is 0.256 e. The maximum absolute atomic E-state index is 11.9. The van der Waals surface area contributed by atoms with Crippen LogP contribution < -0.4 is 5.32 Å². The van der Waals surface area contributed by atoms with Crippen molar-refractivity contribution in [3.05, 3.63) is 53.5 Å². The molecule has 0 aliphatic carbocycles. The topological polar surface area (TPSA) is 70.9 Å². The Morgan fingerprint density at radius 2 is 2.25 bits per heavy atom. The fourth-order valence-electron chi connectivity index (χ4n) is 2.26. The number of para-hydroxylation sites is 1. The number of H-pyrrole nitrogens is 1. The van der Waals surface area contributed by atoms with Gasteiger partial charge in [0.2, 0.25) is 0 Å². The zero-order valence-corrected chi connectivity index (χ0v) is 11.1. The summed E-state index contributed by atoms with van der Waals surface area (Å²) in [5, 5.41) is 7.67. The second-order valence-corrected chi connectivity index (χ2v) is 4.66. The highest BCUT2D eigenvalue weighted by Crippen LogP contribution is 2.17. The molecule has 0 spiro atoms. The SMILES string of the molecule is Cc1oncc1C(=O)NCCc1c[nH]c2ccccc12. The van der Waals surface area contributed by atoms with Crippen LogP contribution in [0.1, 0.15) is 21.7 Å². The van der Waals surface area contributed by atoms with Gasteiger partial charge in [0, 0.05) is 23.6 Å². The first kappa shape index (κ1) is 12.5. The lowest BCUT2D eigenvalue weighted by molar-refractivity contribution is 0.0952. The third-order valence-corrected chi connectivity index (χ3v) is 3.35. The first-order valence-corrected chi connectivity index (χ1v) is 6.50. The van der Waals surface area contributed by atoms with Gasteiger partial charge >= 0.3 is 0 Å². The Labute approximate surface area is 116 Å². The number of amides is 1. The van der Waals surface area contributed by atoms with Crippen molar-refractivity contribution in [1.29, 1.82) is 0 Å². The van der Waals surface area contributed by atoms with Crippen LogP contribution in [0.4, 0.5) is 0 Å². The molecule has 0 fully saturated rings. The Kier molecular flexibility index (Phi) is 3.25. The number of hydrogen-bond donors (Lipinski definition) is 2. The van der Waals surface area contributed by atoms with Gasteiger partial charge in [-0.2, -0.15) is 0 Å². The molecule has 5 nitrogen and oxygen atoms in total. The quantitative estimate of drug-likeness (QED) is 0.764. The van der Waals surface area contributed by atoms with Crippen LogP contribution in [0, 0.1) is 6.92 Å². The van der Waals surface area contributed by atoms with Crippen molar-refractivity contribution in [2.45, 2.75) is 13.3 Å². The molecule has 1 amide bonds. The highest BCUT2D eigenvalue weighted by atomic mass is 16.5. The van der Waals surface area contributed by atoms with Gasteiger partial charge in [0.15, 0.2) is 0 Å². The lowest BCUT2D eigenvalue weighted by Gasteiger charge is -2.03. The minimum atomic E-state index is -0.149. The van der Waals surface area contributed by atoms with E-state index in [1.54, 1.807) is 6.92 Å². The summed E-state index contributed by atoms with van der Waals surface area (Å²) in [4.78, 5) is 15.1. The molecule has 0 saturated heterocycles. The smallest absolute Gasteiger partial charge is 0.256 e. The number of nitrogens with one attached hydrogen (secondary N) is 2. The molecule has 0 saturated carbocycles. The normalized spacial score (nSPS) is 10.8. The van der Waals surface area contributed by atoms with Gasteiger partial charge in [-0.05, 0) is 25.0 Å². The van der Waals surface area contributed by atoms with Gasteiger partial charge in [-0.3, -0.25) is 4.79 Å². The number of aromatic amines is 1. The number of aryl methyl sites for hydroxylation is 1. The molecular weight excluding hydrogens is 254 g/mol. The van der Waals surface area contributed by atoms with E-state index in [0.717, 1.165) is 11.9 Å². The largest absolute Gasteiger partial charge is 0.361 e. The van der Waals surface area contributed by atoms with E-state index in [-0.39, 0.29) is 5.91 Å². The van der Waals surface area contributed by atoms with Crippen LogP contribution in [0.15, 0.2) is 41.2 Å². The summed E-state index contributed by atoms with van der Waals surface area (Å²) in [7, 11) is 0. The van der Waals surface area contributed by atoms with Gasteiger partial charge in [0.05, 0.1) is 6.20 Å². The van der Waals surface area contributed by atoms with Crippen molar-refractivity contribution in [1.82, 2.24) is 15.5 Å². The van der Waals surface area contributed by atoms with E-state index in [1.807, 2.05) is 24.4 Å². The van der Waals surface area contributed by atoms with Crippen LogP contribution in [0.2, 0.25) is 0 Å². The number of fused-ring (bicyclic) bond motifs is 1. The molecule has 1 aromatic carbocycles.